The Morgan fingerprint density at radius 2 is 1.74 bits per heavy atom. The Labute approximate surface area is 168 Å². The van der Waals surface area contributed by atoms with Gasteiger partial charge in [-0.25, -0.2) is 13.2 Å². The summed E-state index contributed by atoms with van der Waals surface area (Å²) in [5.41, 5.74) is 0.774. The molecule has 0 aliphatic carbocycles. The molecule has 9 heteroatoms. The van der Waals surface area contributed by atoms with Gasteiger partial charge in [0, 0.05) is 36.1 Å². The predicted molar refractivity (Wildman–Crippen MR) is 106 cm³/mol. The lowest BCUT2D eigenvalue weighted by Gasteiger charge is -2.37. The van der Waals surface area contributed by atoms with Crippen molar-refractivity contribution in [3.63, 3.8) is 0 Å². The number of benzene rings is 1. The normalized spacial score (nSPS) is 17.6. The fourth-order valence-corrected chi connectivity index (χ4v) is 6.12. The first kappa shape index (κ1) is 20.3. The van der Waals surface area contributed by atoms with Gasteiger partial charge in [0.1, 0.15) is 10.3 Å². The van der Waals surface area contributed by atoms with Crippen molar-refractivity contribution in [2.24, 2.45) is 0 Å². The molecule has 1 aliphatic heterocycles. The minimum atomic E-state index is -3.49. The van der Waals surface area contributed by atoms with Crippen molar-refractivity contribution in [3.05, 3.63) is 51.9 Å². The summed E-state index contributed by atoms with van der Waals surface area (Å²) in [7, 11) is -2.14. The second-order valence-electron chi connectivity index (χ2n) is 6.28. The minimum Gasteiger partial charge on any atom is -0.468 e. The monoisotopic (exact) mass is 428 g/mol. The summed E-state index contributed by atoms with van der Waals surface area (Å²) in [6, 6.07) is 9.91. The molecule has 0 spiro atoms. The van der Waals surface area contributed by atoms with Crippen molar-refractivity contribution >= 4 is 38.9 Å². The van der Waals surface area contributed by atoms with Gasteiger partial charge >= 0.3 is 5.97 Å². The highest BCUT2D eigenvalue weighted by atomic mass is 35.5. The van der Waals surface area contributed by atoms with Gasteiger partial charge < -0.3 is 4.74 Å². The number of piperazine rings is 1. The molecule has 1 saturated heterocycles. The molecular formula is C18H21ClN2O4S2. The van der Waals surface area contributed by atoms with Crippen molar-refractivity contribution < 1.29 is 17.9 Å². The molecule has 1 atom stereocenters. The Morgan fingerprint density at radius 1 is 1.11 bits per heavy atom. The Hall–Kier alpha value is -1.45. The number of esters is 1. The first-order chi connectivity index (χ1) is 12.8. The van der Waals surface area contributed by atoms with E-state index in [0.717, 1.165) is 10.4 Å². The SMILES string of the molecule is COC(=O)C(c1ccc(Cl)cc1)N1CCN(S(=O)(=O)c2ccc(C)s2)CC1. The van der Waals surface area contributed by atoms with Gasteiger partial charge in [0.15, 0.2) is 0 Å². The van der Waals surface area contributed by atoms with Crippen LogP contribution in [0.25, 0.3) is 0 Å². The Kier molecular flexibility index (Phi) is 6.22. The molecule has 6 nitrogen and oxygen atoms in total. The van der Waals surface area contributed by atoms with Crippen molar-refractivity contribution in [2.75, 3.05) is 33.3 Å². The lowest BCUT2D eigenvalue weighted by atomic mass is 10.0. The van der Waals surface area contributed by atoms with E-state index in [1.54, 1.807) is 30.3 Å². The van der Waals surface area contributed by atoms with Crippen molar-refractivity contribution in [1.29, 1.82) is 0 Å². The van der Waals surface area contributed by atoms with E-state index in [1.165, 1.54) is 22.8 Å². The van der Waals surface area contributed by atoms with Crippen molar-refractivity contribution in [3.8, 4) is 0 Å². The molecule has 27 heavy (non-hydrogen) atoms. The summed E-state index contributed by atoms with van der Waals surface area (Å²) in [6.45, 7) is 3.40. The fourth-order valence-electron chi connectivity index (χ4n) is 3.13. The third-order valence-electron chi connectivity index (χ3n) is 4.56. The number of aryl methyl sites for hydroxylation is 1. The molecule has 0 radical (unpaired) electrons. The summed E-state index contributed by atoms with van der Waals surface area (Å²) < 4.78 is 32.4. The summed E-state index contributed by atoms with van der Waals surface area (Å²) in [5.74, 6) is -0.373. The standard InChI is InChI=1S/C18H21ClN2O4S2/c1-13-3-8-16(26-13)27(23,24)21-11-9-20(10-12-21)17(18(22)25-2)14-4-6-15(19)7-5-14/h3-8,17H,9-12H2,1-2H3. The Balaban J connectivity index is 1.76. The van der Waals surface area contributed by atoms with Gasteiger partial charge in [0.05, 0.1) is 7.11 Å². The lowest BCUT2D eigenvalue weighted by molar-refractivity contribution is -0.147. The van der Waals surface area contributed by atoms with Crippen molar-refractivity contribution in [2.45, 2.75) is 17.2 Å². The van der Waals surface area contributed by atoms with Crippen LogP contribution in [0.3, 0.4) is 0 Å². The average Bonchev–Trinajstić information content (AvgIpc) is 3.11. The number of halogens is 1. The number of ether oxygens (including phenoxy) is 1. The molecule has 2 heterocycles. The molecule has 1 aliphatic rings. The summed E-state index contributed by atoms with van der Waals surface area (Å²) in [6.07, 6.45) is 0. The molecule has 0 amide bonds. The second-order valence-corrected chi connectivity index (χ2v) is 10.2. The van der Waals surface area contributed by atoms with Gasteiger partial charge in [-0.3, -0.25) is 4.90 Å². The number of rotatable bonds is 5. The van der Waals surface area contributed by atoms with Crippen LogP contribution >= 0.6 is 22.9 Å². The zero-order valence-electron chi connectivity index (χ0n) is 15.1. The summed E-state index contributed by atoms with van der Waals surface area (Å²) >= 11 is 7.21. The number of carbonyl (C=O) groups is 1. The molecule has 1 fully saturated rings. The highest BCUT2D eigenvalue weighted by molar-refractivity contribution is 7.91. The molecule has 0 N–H and O–H groups in total. The Morgan fingerprint density at radius 3 is 2.26 bits per heavy atom. The number of carbonyl (C=O) groups excluding carboxylic acids is 1. The molecule has 1 aromatic carbocycles. The molecule has 1 aromatic heterocycles. The minimum absolute atomic E-state index is 0.320. The molecule has 0 bridgehead atoms. The lowest BCUT2D eigenvalue weighted by Crippen LogP contribution is -2.50. The first-order valence-electron chi connectivity index (χ1n) is 8.47. The zero-order chi connectivity index (χ0) is 19.6. The highest BCUT2D eigenvalue weighted by Crippen LogP contribution is 2.28. The van der Waals surface area contributed by atoms with Gasteiger partial charge in [-0.1, -0.05) is 23.7 Å². The van der Waals surface area contributed by atoms with Crippen LogP contribution in [0.4, 0.5) is 0 Å². The van der Waals surface area contributed by atoms with Crippen LogP contribution in [0, 0.1) is 6.92 Å². The number of sulfonamides is 1. The maximum Gasteiger partial charge on any atom is 0.327 e. The number of nitrogens with zero attached hydrogens (tertiary/aromatic N) is 2. The molecule has 2 aromatic rings. The van der Waals surface area contributed by atoms with E-state index in [4.69, 9.17) is 16.3 Å². The smallest absolute Gasteiger partial charge is 0.327 e. The molecular weight excluding hydrogens is 408 g/mol. The van der Waals surface area contributed by atoms with E-state index in [0.29, 0.717) is 35.4 Å². The number of hydrogen-bond acceptors (Lipinski definition) is 6. The Bertz CT molecular complexity index is 904. The molecule has 3 rings (SSSR count). The van der Waals surface area contributed by atoms with Gasteiger partial charge in [-0.2, -0.15) is 4.31 Å². The van der Waals surface area contributed by atoms with E-state index in [1.807, 2.05) is 17.9 Å². The van der Waals surface area contributed by atoms with Crippen LogP contribution in [0.5, 0.6) is 0 Å². The summed E-state index contributed by atoms with van der Waals surface area (Å²) in [5, 5.41) is 0.588. The van der Waals surface area contributed by atoms with Crippen molar-refractivity contribution in [1.82, 2.24) is 9.21 Å². The van der Waals surface area contributed by atoms with E-state index < -0.39 is 16.1 Å². The molecule has 1 unspecified atom stereocenters. The maximum absolute atomic E-state index is 12.8. The van der Waals surface area contributed by atoms with E-state index in [2.05, 4.69) is 0 Å². The van der Waals surface area contributed by atoms with Gasteiger partial charge in [-0.15, -0.1) is 11.3 Å². The largest absolute Gasteiger partial charge is 0.468 e. The van der Waals surface area contributed by atoms with E-state index >= 15 is 0 Å². The number of hydrogen-bond donors (Lipinski definition) is 0. The van der Waals surface area contributed by atoms with Gasteiger partial charge in [-0.05, 0) is 36.8 Å². The van der Waals surface area contributed by atoms with Crippen LogP contribution < -0.4 is 0 Å². The van der Waals surface area contributed by atoms with Crippen LogP contribution in [0.2, 0.25) is 5.02 Å². The highest BCUT2D eigenvalue weighted by Gasteiger charge is 2.35. The first-order valence-corrected chi connectivity index (χ1v) is 11.1. The van der Waals surface area contributed by atoms with Crippen LogP contribution in [-0.2, 0) is 19.6 Å². The van der Waals surface area contributed by atoms with Gasteiger partial charge in [0.25, 0.3) is 10.0 Å². The van der Waals surface area contributed by atoms with Crippen LogP contribution in [0.1, 0.15) is 16.5 Å². The average molecular weight is 429 g/mol. The topological polar surface area (TPSA) is 66.9 Å². The van der Waals surface area contributed by atoms with E-state index in [9.17, 15) is 13.2 Å². The van der Waals surface area contributed by atoms with Gasteiger partial charge in [0.2, 0.25) is 0 Å². The zero-order valence-corrected chi connectivity index (χ0v) is 17.5. The predicted octanol–water partition coefficient (Wildman–Crippen LogP) is 2.93. The maximum atomic E-state index is 12.8. The third-order valence-corrected chi connectivity index (χ3v) is 8.18. The van der Waals surface area contributed by atoms with Crippen LogP contribution in [0.15, 0.2) is 40.6 Å². The van der Waals surface area contributed by atoms with Crippen LogP contribution in [-0.4, -0.2) is 56.9 Å². The summed E-state index contributed by atoms with van der Waals surface area (Å²) in [4.78, 5) is 15.3. The third kappa shape index (κ3) is 4.35. The molecule has 0 saturated carbocycles. The van der Waals surface area contributed by atoms with E-state index in [-0.39, 0.29) is 5.97 Å². The quantitative estimate of drug-likeness (QED) is 0.685. The number of methoxy groups -OCH3 is 1. The molecule has 146 valence electrons. The second kappa shape index (κ2) is 8.28. The number of thiophene rings is 1. The fraction of sp³-hybridized carbons (Fsp3) is 0.389.